The second-order valence-electron chi connectivity index (χ2n) is 4.86. The molecule has 0 aliphatic heterocycles. The van der Waals surface area contributed by atoms with Crippen molar-refractivity contribution in [2.24, 2.45) is 5.73 Å². The molecule has 1 aromatic carbocycles. The molecule has 20 heavy (non-hydrogen) atoms. The molecule has 0 saturated carbocycles. The van der Waals surface area contributed by atoms with Gasteiger partial charge in [0, 0.05) is 4.90 Å². The van der Waals surface area contributed by atoms with Gasteiger partial charge >= 0.3 is 0 Å². The molecule has 1 aliphatic carbocycles. The molecule has 2 aromatic rings. The lowest BCUT2D eigenvalue weighted by atomic mass is 10.1. The monoisotopic (exact) mass is 285 g/mol. The van der Waals surface area contributed by atoms with E-state index < -0.39 is 5.91 Å². The van der Waals surface area contributed by atoms with Crippen LogP contribution in [-0.2, 0) is 12.8 Å². The van der Waals surface area contributed by atoms with Gasteiger partial charge in [-0.25, -0.2) is 4.98 Å². The zero-order chi connectivity index (χ0) is 14.1. The van der Waals surface area contributed by atoms with Gasteiger partial charge < -0.3 is 11.5 Å². The average Bonchev–Trinajstić information content (AvgIpc) is 2.88. The summed E-state index contributed by atoms with van der Waals surface area (Å²) >= 11 is 1.52. The van der Waals surface area contributed by atoms with Gasteiger partial charge in [0.05, 0.1) is 17.4 Å². The van der Waals surface area contributed by atoms with Crippen LogP contribution in [0.2, 0.25) is 0 Å². The molecule has 0 fully saturated rings. The van der Waals surface area contributed by atoms with Crippen LogP contribution in [-0.4, -0.2) is 10.9 Å². The first-order valence-electron chi connectivity index (χ1n) is 6.48. The Morgan fingerprint density at radius 3 is 2.80 bits per heavy atom. The normalized spacial score (nSPS) is 13.2. The topological polar surface area (TPSA) is 82.0 Å². The molecule has 4 N–H and O–H groups in total. The lowest BCUT2D eigenvalue weighted by Crippen LogP contribution is -2.13. The molecule has 102 valence electrons. The van der Waals surface area contributed by atoms with E-state index in [1.54, 1.807) is 6.07 Å². The number of anilines is 1. The highest BCUT2D eigenvalue weighted by Gasteiger charge is 2.13. The Balaban J connectivity index is 1.88. The number of amides is 1. The number of carbonyl (C=O) groups is 1. The number of nitrogens with two attached hydrogens (primary N) is 2. The molecule has 0 unspecified atom stereocenters. The van der Waals surface area contributed by atoms with Crippen LogP contribution < -0.4 is 11.5 Å². The number of aromatic nitrogens is 1. The van der Waals surface area contributed by atoms with Crippen LogP contribution in [0.1, 0.15) is 27.9 Å². The highest BCUT2D eigenvalue weighted by molar-refractivity contribution is 7.99. The minimum absolute atomic E-state index is 0.316. The third kappa shape index (κ3) is 2.49. The van der Waals surface area contributed by atoms with E-state index in [4.69, 9.17) is 11.5 Å². The summed E-state index contributed by atoms with van der Waals surface area (Å²) in [5.74, 6) is -0.527. The van der Waals surface area contributed by atoms with Crippen molar-refractivity contribution in [2.45, 2.75) is 29.2 Å². The fraction of sp³-hybridized carbons (Fsp3) is 0.200. The fourth-order valence-corrected chi connectivity index (χ4v) is 3.31. The molecule has 5 heteroatoms. The Kier molecular flexibility index (Phi) is 3.36. The first-order valence-corrected chi connectivity index (χ1v) is 7.30. The molecule has 0 atom stereocenters. The van der Waals surface area contributed by atoms with Gasteiger partial charge in [0.25, 0.3) is 5.91 Å². The minimum atomic E-state index is -0.527. The molecule has 3 rings (SSSR count). The minimum Gasteiger partial charge on any atom is -0.397 e. The molecule has 1 amide bonds. The maximum Gasteiger partial charge on any atom is 0.250 e. The first-order chi connectivity index (χ1) is 9.63. The van der Waals surface area contributed by atoms with Crippen molar-refractivity contribution in [3.05, 3.63) is 47.2 Å². The van der Waals surface area contributed by atoms with Gasteiger partial charge in [-0.3, -0.25) is 4.79 Å². The number of primary amides is 1. The molecular weight excluding hydrogens is 270 g/mol. The van der Waals surface area contributed by atoms with Crippen molar-refractivity contribution < 1.29 is 4.79 Å². The number of fused-ring (bicyclic) bond motifs is 1. The summed E-state index contributed by atoms with van der Waals surface area (Å²) < 4.78 is 0. The lowest BCUT2D eigenvalue weighted by Gasteiger charge is -2.06. The number of pyridine rings is 1. The summed E-state index contributed by atoms with van der Waals surface area (Å²) in [6.07, 6.45) is 5.03. The Labute approximate surface area is 121 Å². The molecule has 1 heterocycles. The van der Waals surface area contributed by atoms with Crippen molar-refractivity contribution in [1.29, 1.82) is 0 Å². The number of carbonyl (C=O) groups excluding carboxylic acids is 1. The number of aryl methyl sites for hydroxylation is 2. The van der Waals surface area contributed by atoms with E-state index in [0.717, 1.165) is 16.3 Å². The van der Waals surface area contributed by atoms with E-state index in [0.29, 0.717) is 11.3 Å². The number of rotatable bonds is 3. The van der Waals surface area contributed by atoms with Crippen molar-refractivity contribution in [3.63, 3.8) is 0 Å². The van der Waals surface area contributed by atoms with Crippen molar-refractivity contribution >= 4 is 23.4 Å². The SMILES string of the molecule is NC(=O)c1cc(Sc2ccc3c(c2)CCC3)ncc1N. The number of hydrogen-bond donors (Lipinski definition) is 2. The van der Waals surface area contributed by atoms with Crippen LogP contribution in [0.15, 0.2) is 40.4 Å². The predicted octanol–water partition coefficient (Wildman–Crippen LogP) is 2.40. The van der Waals surface area contributed by atoms with Crippen LogP contribution >= 0.6 is 11.8 Å². The van der Waals surface area contributed by atoms with Gasteiger partial charge in [-0.05, 0) is 48.6 Å². The number of hydrogen-bond acceptors (Lipinski definition) is 4. The fourth-order valence-electron chi connectivity index (χ4n) is 2.45. The number of nitrogen functional groups attached to an aromatic ring is 1. The average molecular weight is 285 g/mol. The Hall–Kier alpha value is -2.01. The van der Waals surface area contributed by atoms with Crippen molar-refractivity contribution in [3.8, 4) is 0 Å². The summed E-state index contributed by atoms with van der Waals surface area (Å²) in [4.78, 5) is 16.6. The van der Waals surface area contributed by atoms with Crippen LogP contribution in [0.3, 0.4) is 0 Å². The maximum absolute atomic E-state index is 11.3. The molecule has 0 radical (unpaired) electrons. The van der Waals surface area contributed by atoms with E-state index in [-0.39, 0.29) is 0 Å². The van der Waals surface area contributed by atoms with E-state index in [9.17, 15) is 4.79 Å². The maximum atomic E-state index is 11.3. The smallest absolute Gasteiger partial charge is 0.250 e. The molecule has 1 aromatic heterocycles. The van der Waals surface area contributed by atoms with E-state index in [1.807, 2.05) is 0 Å². The van der Waals surface area contributed by atoms with Crippen molar-refractivity contribution in [2.75, 3.05) is 5.73 Å². The Morgan fingerprint density at radius 2 is 2.00 bits per heavy atom. The largest absolute Gasteiger partial charge is 0.397 e. The second kappa shape index (κ2) is 5.17. The zero-order valence-corrected chi connectivity index (χ0v) is 11.7. The highest BCUT2D eigenvalue weighted by atomic mass is 32.2. The highest BCUT2D eigenvalue weighted by Crippen LogP contribution is 2.31. The quantitative estimate of drug-likeness (QED) is 0.907. The van der Waals surface area contributed by atoms with Gasteiger partial charge in [-0.2, -0.15) is 0 Å². The van der Waals surface area contributed by atoms with Gasteiger partial charge in [-0.1, -0.05) is 17.8 Å². The molecule has 0 saturated heterocycles. The van der Waals surface area contributed by atoms with Gasteiger partial charge in [0.15, 0.2) is 0 Å². The third-order valence-electron chi connectivity index (χ3n) is 3.47. The van der Waals surface area contributed by atoms with E-state index >= 15 is 0 Å². The Bertz CT molecular complexity index is 685. The van der Waals surface area contributed by atoms with Crippen LogP contribution in [0.25, 0.3) is 0 Å². The second-order valence-corrected chi connectivity index (χ2v) is 5.95. The molecule has 4 nitrogen and oxygen atoms in total. The third-order valence-corrected chi connectivity index (χ3v) is 4.39. The standard InChI is InChI=1S/C15H15N3OS/c16-13-8-18-14(7-12(13)15(17)19)20-11-5-4-9-2-1-3-10(9)6-11/h4-8H,1-3,16H2,(H2,17,19). The summed E-state index contributed by atoms with van der Waals surface area (Å²) in [5, 5.41) is 0.728. The number of nitrogens with zero attached hydrogens (tertiary/aromatic N) is 1. The van der Waals surface area contributed by atoms with Gasteiger partial charge in [0.2, 0.25) is 0 Å². The first kappa shape index (κ1) is 13.0. The van der Waals surface area contributed by atoms with Crippen LogP contribution in [0, 0.1) is 0 Å². The van der Waals surface area contributed by atoms with E-state index in [1.165, 1.54) is 41.9 Å². The predicted molar refractivity (Wildman–Crippen MR) is 79.8 cm³/mol. The van der Waals surface area contributed by atoms with Crippen molar-refractivity contribution in [1.82, 2.24) is 4.98 Å². The van der Waals surface area contributed by atoms with E-state index in [2.05, 4.69) is 23.2 Å². The lowest BCUT2D eigenvalue weighted by molar-refractivity contribution is 0.100. The summed E-state index contributed by atoms with van der Waals surface area (Å²) in [6, 6.07) is 8.12. The summed E-state index contributed by atoms with van der Waals surface area (Å²) in [6.45, 7) is 0. The van der Waals surface area contributed by atoms with Crippen LogP contribution in [0.4, 0.5) is 5.69 Å². The number of benzene rings is 1. The zero-order valence-electron chi connectivity index (χ0n) is 10.9. The van der Waals surface area contributed by atoms with Gasteiger partial charge in [0.1, 0.15) is 5.03 Å². The van der Waals surface area contributed by atoms with Crippen LogP contribution in [0.5, 0.6) is 0 Å². The summed E-state index contributed by atoms with van der Waals surface area (Å²) in [7, 11) is 0. The van der Waals surface area contributed by atoms with Gasteiger partial charge in [-0.15, -0.1) is 0 Å². The molecule has 0 bridgehead atoms. The Morgan fingerprint density at radius 1 is 1.20 bits per heavy atom. The summed E-state index contributed by atoms with van der Waals surface area (Å²) in [5.41, 5.74) is 14.5. The molecular formula is C15H15N3OS. The molecule has 1 aliphatic rings. The molecule has 0 spiro atoms.